The Balaban J connectivity index is 2.51. The first-order chi connectivity index (χ1) is 10.6. The lowest BCUT2D eigenvalue weighted by Crippen LogP contribution is -2.32. The molecule has 0 saturated heterocycles. The second kappa shape index (κ2) is 7.41. The summed E-state index contributed by atoms with van der Waals surface area (Å²) < 4.78 is 4.97. The molecule has 0 aromatic heterocycles. The van der Waals surface area contributed by atoms with E-state index in [2.05, 4.69) is 0 Å². The summed E-state index contributed by atoms with van der Waals surface area (Å²) >= 11 is 0. The van der Waals surface area contributed by atoms with E-state index in [-0.39, 0.29) is 6.61 Å². The summed E-state index contributed by atoms with van der Waals surface area (Å²) in [5.41, 5.74) is 1.54. The molecule has 0 radical (unpaired) electrons. The predicted octanol–water partition coefficient (Wildman–Crippen LogP) is 3.08. The monoisotopic (exact) mass is 298 g/mol. The van der Waals surface area contributed by atoms with Crippen LogP contribution in [0.5, 0.6) is 0 Å². The van der Waals surface area contributed by atoms with Gasteiger partial charge in [0.2, 0.25) is 0 Å². The molecule has 4 heteroatoms. The van der Waals surface area contributed by atoms with Crippen molar-refractivity contribution in [3.05, 3.63) is 71.8 Å². The zero-order valence-corrected chi connectivity index (χ0v) is 12.3. The zero-order valence-electron chi connectivity index (χ0n) is 12.3. The summed E-state index contributed by atoms with van der Waals surface area (Å²) in [5, 5.41) is 9.56. The summed E-state index contributed by atoms with van der Waals surface area (Å²) in [6.07, 6.45) is 0. The van der Waals surface area contributed by atoms with E-state index >= 15 is 0 Å². The Morgan fingerprint density at radius 2 is 1.41 bits per heavy atom. The van der Waals surface area contributed by atoms with Crippen LogP contribution in [0.1, 0.15) is 24.0 Å². The first kappa shape index (κ1) is 15.8. The van der Waals surface area contributed by atoms with Crippen LogP contribution < -0.4 is 0 Å². The van der Waals surface area contributed by atoms with Gasteiger partial charge in [-0.2, -0.15) is 0 Å². The van der Waals surface area contributed by atoms with Gasteiger partial charge in [0.05, 0.1) is 6.61 Å². The van der Waals surface area contributed by atoms with Crippen molar-refractivity contribution in [1.29, 1.82) is 0 Å². The molecular weight excluding hydrogens is 280 g/mol. The van der Waals surface area contributed by atoms with Crippen LogP contribution in [0.4, 0.5) is 0 Å². The number of aliphatic carboxylic acids is 1. The second-order valence-corrected chi connectivity index (χ2v) is 4.87. The van der Waals surface area contributed by atoms with Crippen LogP contribution in [0.2, 0.25) is 0 Å². The molecule has 22 heavy (non-hydrogen) atoms. The van der Waals surface area contributed by atoms with Gasteiger partial charge in [0.1, 0.15) is 0 Å². The van der Waals surface area contributed by atoms with Crippen LogP contribution in [-0.2, 0) is 14.3 Å². The Morgan fingerprint density at radius 1 is 0.955 bits per heavy atom. The molecule has 4 nitrogen and oxygen atoms in total. The average molecular weight is 298 g/mol. The third-order valence-electron chi connectivity index (χ3n) is 3.46. The standard InChI is InChI=1S/C18H18O4/c1-2-22-18(21)16(17(19)20)15(13-9-5-3-6-10-13)14-11-7-4-8-12-14/h3-12,15-16H,2H2,1H3,(H,19,20). The fourth-order valence-electron chi connectivity index (χ4n) is 2.51. The van der Waals surface area contributed by atoms with Gasteiger partial charge in [0, 0.05) is 5.92 Å². The maximum atomic E-state index is 12.2. The number of esters is 1. The van der Waals surface area contributed by atoms with E-state index in [1.165, 1.54) is 0 Å². The van der Waals surface area contributed by atoms with E-state index in [1.54, 1.807) is 6.92 Å². The Hall–Kier alpha value is -2.62. The highest BCUT2D eigenvalue weighted by molar-refractivity contribution is 5.95. The number of ether oxygens (including phenoxy) is 1. The van der Waals surface area contributed by atoms with Gasteiger partial charge in [-0.3, -0.25) is 9.59 Å². The number of rotatable bonds is 6. The van der Waals surface area contributed by atoms with Crippen LogP contribution in [0.3, 0.4) is 0 Å². The minimum Gasteiger partial charge on any atom is -0.481 e. The quantitative estimate of drug-likeness (QED) is 0.657. The molecule has 0 bridgehead atoms. The third-order valence-corrected chi connectivity index (χ3v) is 3.46. The summed E-state index contributed by atoms with van der Waals surface area (Å²) in [4.78, 5) is 23.9. The van der Waals surface area contributed by atoms with Crippen molar-refractivity contribution in [2.24, 2.45) is 5.92 Å². The second-order valence-electron chi connectivity index (χ2n) is 4.87. The largest absolute Gasteiger partial charge is 0.481 e. The molecule has 1 unspecified atom stereocenters. The normalized spacial score (nSPS) is 11.9. The molecule has 114 valence electrons. The molecule has 2 aromatic carbocycles. The first-order valence-corrected chi connectivity index (χ1v) is 7.14. The number of hydrogen-bond donors (Lipinski definition) is 1. The Kier molecular flexibility index (Phi) is 5.31. The minimum absolute atomic E-state index is 0.152. The Bertz CT molecular complexity index is 583. The first-order valence-electron chi connectivity index (χ1n) is 7.14. The van der Waals surface area contributed by atoms with Gasteiger partial charge < -0.3 is 9.84 Å². The van der Waals surface area contributed by atoms with Crippen molar-refractivity contribution in [2.75, 3.05) is 6.61 Å². The van der Waals surface area contributed by atoms with Crippen molar-refractivity contribution < 1.29 is 19.4 Å². The summed E-state index contributed by atoms with van der Waals surface area (Å²) in [7, 11) is 0. The highest BCUT2D eigenvalue weighted by Crippen LogP contribution is 2.33. The van der Waals surface area contributed by atoms with Crippen LogP contribution in [-0.4, -0.2) is 23.7 Å². The van der Waals surface area contributed by atoms with Crippen molar-refractivity contribution in [3.8, 4) is 0 Å². The van der Waals surface area contributed by atoms with Crippen molar-refractivity contribution in [1.82, 2.24) is 0 Å². The molecule has 2 aromatic rings. The fraction of sp³-hybridized carbons (Fsp3) is 0.222. The lowest BCUT2D eigenvalue weighted by atomic mass is 9.80. The van der Waals surface area contributed by atoms with Gasteiger partial charge in [0.25, 0.3) is 0 Å². The fourth-order valence-corrected chi connectivity index (χ4v) is 2.51. The maximum absolute atomic E-state index is 12.2. The molecule has 1 N–H and O–H groups in total. The Morgan fingerprint density at radius 3 is 1.77 bits per heavy atom. The number of carbonyl (C=O) groups excluding carboxylic acids is 1. The van der Waals surface area contributed by atoms with Gasteiger partial charge in [0.15, 0.2) is 5.92 Å². The van der Waals surface area contributed by atoms with E-state index in [9.17, 15) is 14.7 Å². The van der Waals surface area contributed by atoms with Crippen LogP contribution in [0, 0.1) is 5.92 Å². The highest BCUT2D eigenvalue weighted by Gasteiger charge is 2.38. The summed E-state index contributed by atoms with van der Waals surface area (Å²) in [6.45, 7) is 1.82. The van der Waals surface area contributed by atoms with Gasteiger partial charge in [-0.25, -0.2) is 0 Å². The molecule has 0 aliphatic carbocycles. The molecule has 0 spiro atoms. The molecule has 2 rings (SSSR count). The van der Waals surface area contributed by atoms with Crippen molar-refractivity contribution in [3.63, 3.8) is 0 Å². The van der Waals surface area contributed by atoms with Crippen molar-refractivity contribution in [2.45, 2.75) is 12.8 Å². The maximum Gasteiger partial charge on any atom is 0.321 e. The molecule has 0 heterocycles. The number of hydrogen-bond acceptors (Lipinski definition) is 3. The number of carboxylic acids is 1. The van der Waals surface area contributed by atoms with Gasteiger partial charge in [-0.15, -0.1) is 0 Å². The molecule has 0 amide bonds. The van der Waals surface area contributed by atoms with Crippen LogP contribution >= 0.6 is 0 Å². The van der Waals surface area contributed by atoms with E-state index < -0.39 is 23.8 Å². The van der Waals surface area contributed by atoms with Crippen LogP contribution in [0.25, 0.3) is 0 Å². The van der Waals surface area contributed by atoms with Gasteiger partial charge >= 0.3 is 11.9 Å². The molecule has 0 saturated carbocycles. The third kappa shape index (κ3) is 3.52. The summed E-state index contributed by atoms with van der Waals surface area (Å²) in [5.74, 6) is -3.76. The predicted molar refractivity (Wildman–Crippen MR) is 82.5 cm³/mol. The molecule has 0 aliphatic rings. The van der Waals surface area contributed by atoms with E-state index in [0.717, 1.165) is 11.1 Å². The smallest absolute Gasteiger partial charge is 0.321 e. The van der Waals surface area contributed by atoms with E-state index in [4.69, 9.17) is 4.74 Å². The van der Waals surface area contributed by atoms with Gasteiger partial charge in [-0.05, 0) is 18.1 Å². The molecule has 1 atom stereocenters. The van der Waals surface area contributed by atoms with Gasteiger partial charge in [-0.1, -0.05) is 60.7 Å². The molecule has 0 fully saturated rings. The lowest BCUT2D eigenvalue weighted by Gasteiger charge is -2.23. The number of carbonyl (C=O) groups is 2. The van der Waals surface area contributed by atoms with E-state index in [1.807, 2.05) is 60.7 Å². The van der Waals surface area contributed by atoms with Crippen molar-refractivity contribution >= 4 is 11.9 Å². The lowest BCUT2D eigenvalue weighted by molar-refractivity contribution is -0.159. The average Bonchev–Trinajstić information content (AvgIpc) is 2.54. The SMILES string of the molecule is CCOC(=O)C(C(=O)O)C(c1ccccc1)c1ccccc1. The minimum atomic E-state index is -1.27. The number of carboxylic acid groups (broad SMARTS) is 1. The van der Waals surface area contributed by atoms with Crippen LogP contribution in [0.15, 0.2) is 60.7 Å². The Labute approximate surface area is 129 Å². The molecule has 0 aliphatic heterocycles. The zero-order chi connectivity index (χ0) is 15.9. The molecular formula is C18H18O4. The topological polar surface area (TPSA) is 63.6 Å². The number of benzene rings is 2. The highest BCUT2D eigenvalue weighted by atomic mass is 16.5. The summed E-state index contributed by atoms with van der Waals surface area (Å²) in [6, 6.07) is 18.3. The van der Waals surface area contributed by atoms with E-state index in [0.29, 0.717) is 0 Å².